The number of carbonyl (C=O) groups excluding carboxylic acids is 1. The molecule has 0 bridgehead atoms. The zero-order valence-corrected chi connectivity index (χ0v) is 10.2. The Balaban J connectivity index is 0.00000121. The summed E-state index contributed by atoms with van der Waals surface area (Å²) in [6.07, 6.45) is 1.23. The molecule has 12 heavy (non-hydrogen) atoms. The standard InChI is InChI=1S/C9H14O2.Na/c1-6-7(10)4-5-9(2,3)8(6)11;/h10H,4-5H2,1-3H3;/q;+1/p-1. The number of rotatable bonds is 0. The van der Waals surface area contributed by atoms with Crippen molar-refractivity contribution < 1.29 is 39.5 Å². The van der Waals surface area contributed by atoms with E-state index in [0.29, 0.717) is 18.4 Å². The van der Waals surface area contributed by atoms with Crippen LogP contribution in [0.2, 0.25) is 0 Å². The van der Waals surface area contributed by atoms with Gasteiger partial charge >= 0.3 is 29.6 Å². The summed E-state index contributed by atoms with van der Waals surface area (Å²) in [5, 5.41) is 11.0. The normalized spacial score (nSPS) is 22.1. The van der Waals surface area contributed by atoms with Gasteiger partial charge in [0.25, 0.3) is 0 Å². The van der Waals surface area contributed by atoms with Crippen LogP contribution in [-0.4, -0.2) is 5.78 Å². The predicted molar refractivity (Wildman–Crippen MR) is 40.7 cm³/mol. The second-order valence-electron chi connectivity index (χ2n) is 3.76. The molecular weight excluding hydrogens is 163 g/mol. The Labute approximate surface area is 95.3 Å². The molecule has 62 valence electrons. The van der Waals surface area contributed by atoms with Crippen LogP contribution < -0.4 is 34.7 Å². The molecule has 0 atom stereocenters. The molecule has 0 amide bonds. The van der Waals surface area contributed by atoms with Crippen molar-refractivity contribution in [3.05, 3.63) is 11.3 Å². The van der Waals surface area contributed by atoms with E-state index in [0.717, 1.165) is 0 Å². The summed E-state index contributed by atoms with van der Waals surface area (Å²) in [4.78, 5) is 11.4. The third-order valence-electron chi connectivity index (χ3n) is 2.35. The van der Waals surface area contributed by atoms with Gasteiger partial charge in [0.05, 0.1) is 0 Å². The van der Waals surface area contributed by atoms with E-state index in [1.54, 1.807) is 6.92 Å². The Hall–Kier alpha value is 0.210. The Morgan fingerprint density at radius 1 is 1.42 bits per heavy atom. The number of hydrogen-bond acceptors (Lipinski definition) is 2. The minimum absolute atomic E-state index is 0. The fraction of sp³-hybridized carbons (Fsp3) is 0.667. The molecule has 0 unspecified atom stereocenters. The summed E-state index contributed by atoms with van der Waals surface area (Å²) in [6.45, 7) is 5.42. The Morgan fingerprint density at radius 3 is 2.33 bits per heavy atom. The zero-order chi connectivity index (χ0) is 8.65. The van der Waals surface area contributed by atoms with Crippen molar-refractivity contribution in [2.24, 2.45) is 5.41 Å². The summed E-state index contributed by atoms with van der Waals surface area (Å²) >= 11 is 0. The van der Waals surface area contributed by atoms with E-state index in [-0.39, 0.29) is 46.5 Å². The second kappa shape index (κ2) is 3.95. The van der Waals surface area contributed by atoms with Crippen LogP contribution >= 0.6 is 0 Å². The molecule has 0 radical (unpaired) electrons. The van der Waals surface area contributed by atoms with Gasteiger partial charge in [0.2, 0.25) is 0 Å². The first kappa shape index (κ1) is 12.2. The fourth-order valence-corrected chi connectivity index (χ4v) is 1.36. The topological polar surface area (TPSA) is 40.1 Å². The molecule has 0 aromatic heterocycles. The van der Waals surface area contributed by atoms with Crippen LogP contribution in [0.1, 0.15) is 33.6 Å². The van der Waals surface area contributed by atoms with Gasteiger partial charge in [0.1, 0.15) is 0 Å². The maximum absolute atomic E-state index is 11.4. The van der Waals surface area contributed by atoms with Crippen molar-refractivity contribution in [2.45, 2.75) is 33.6 Å². The zero-order valence-electron chi connectivity index (χ0n) is 8.23. The summed E-state index contributed by atoms with van der Waals surface area (Å²) in [5.41, 5.74) is 0.124. The van der Waals surface area contributed by atoms with Crippen LogP contribution in [0.5, 0.6) is 0 Å². The molecule has 0 N–H and O–H groups in total. The summed E-state index contributed by atoms with van der Waals surface area (Å²) in [7, 11) is 0. The van der Waals surface area contributed by atoms with Crippen molar-refractivity contribution in [1.82, 2.24) is 0 Å². The fourth-order valence-electron chi connectivity index (χ4n) is 1.36. The van der Waals surface area contributed by atoms with E-state index in [2.05, 4.69) is 0 Å². The van der Waals surface area contributed by atoms with E-state index < -0.39 is 0 Å². The molecule has 1 aliphatic rings. The number of ketones is 1. The Morgan fingerprint density at radius 2 is 1.92 bits per heavy atom. The largest absolute Gasteiger partial charge is 1.00 e. The van der Waals surface area contributed by atoms with E-state index in [1.807, 2.05) is 13.8 Å². The quantitative estimate of drug-likeness (QED) is 0.401. The van der Waals surface area contributed by atoms with Gasteiger partial charge in [0.15, 0.2) is 5.78 Å². The monoisotopic (exact) mass is 176 g/mol. The average Bonchev–Trinajstić information content (AvgIpc) is 1.95. The molecule has 0 spiro atoms. The third kappa shape index (κ3) is 2.12. The Bertz CT molecular complexity index is 229. The van der Waals surface area contributed by atoms with E-state index >= 15 is 0 Å². The maximum atomic E-state index is 11.4. The van der Waals surface area contributed by atoms with Crippen molar-refractivity contribution >= 4 is 5.78 Å². The Kier molecular flexibility index (Phi) is 4.01. The smallest absolute Gasteiger partial charge is 0.875 e. The van der Waals surface area contributed by atoms with Crippen LogP contribution in [0.15, 0.2) is 11.3 Å². The summed E-state index contributed by atoms with van der Waals surface area (Å²) in [6, 6.07) is 0. The molecule has 1 aliphatic carbocycles. The molecule has 3 heteroatoms. The first-order chi connectivity index (χ1) is 4.95. The first-order valence-corrected chi connectivity index (χ1v) is 3.87. The molecule has 0 heterocycles. The molecule has 0 aromatic carbocycles. The van der Waals surface area contributed by atoms with E-state index in [1.165, 1.54) is 0 Å². The van der Waals surface area contributed by atoms with Crippen molar-refractivity contribution in [2.75, 3.05) is 0 Å². The first-order valence-electron chi connectivity index (χ1n) is 3.87. The van der Waals surface area contributed by atoms with Crippen LogP contribution in [0.25, 0.3) is 0 Å². The average molecular weight is 176 g/mol. The number of Topliss-reactive ketones (excluding diaryl/α,β-unsaturated/α-hetero) is 1. The second-order valence-corrected chi connectivity index (χ2v) is 3.76. The van der Waals surface area contributed by atoms with Gasteiger partial charge in [-0.3, -0.25) is 4.79 Å². The van der Waals surface area contributed by atoms with E-state index in [9.17, 15) is 9.90 Å². The minimum Gasteiger partial charge on any atom is -0.875 e. The third-order valence-corrected chi connectivity index (χ3v) is 2.35. The summed E-state index contributed by atoms with van der Waals surface area (Å²) in [5.74, 6) is 0.0445. The van der Waals surface area contributed by atoms with E-state index in [4.69, 9.17) is 0 Å². The molecular formula is C9H13NaO2. The number of allylic oxidation sites excluding steroid dienone is 2. The maximum Gasteiger partial charge on any atom is 1.00 e. The van der Waals surface area contributed by atoms with Crippen LogP contribution in [0.3, 0.4) is 0 Å². The van der Waals surface area contributed by atoms with Gasteiger partial charge < -0.3 is 5.11 Å². The van der Waals surface area contributed by atoms with Crippen LogP contribution in [0, 0.1) is 5.41 Å². The van der Waals surface area contributed by atoms with Gasteiger partial charge in [-0.15, -0.1) is 5.76 Å². The molecule has 0 aromatic rings. The van der Waals surface area contributed by atoms with Gasteiger partial charge in [-0.1, -0.05) is 13.8 Å². The van der Waals surface area contributed by atoms with Crippen LogP contribution in [-0.2, 0) is 4.79 Å². The van der Waals surface area contributed by atoms with Crippen molar-refractivity contribution in [1.29, 1.82) is 0 Å². The molecule has 0 saturated heterocycles. The molecule has 1 rings (SSSR count). The number of hydrogen-bond donors (Lipinski definition) is 0. The predicted octanol–water partition coefficient (Wildman–Crippen LogP) is -1.99. The van der Waals surface area contributed by atoms with Gasteiger partial charge in [-0.05, 0) is 25.3 Å². The molecule has 2 nitrogen and oxygen atoms in total. The van der Waals surface area contributed by atoms with Gasteiger partial charge in [0, 0.05) is 5.41 Å². The van der Waals surface area contributed by atoms with Gasteiger partial charge in [-0.25, -0.2) is 0 Å². The number of carbonyl (C=O) groups is 1. The summed E-state index contributed by atoms with van der Waals surface area (Å²) < 4.78 is 0. The molecule has 0 aliphatic heterocycles. The minimum atomic E-state index is -0.308. The molecule has 0 saturated carbocycles. The van der Waals surface area contributed by atoms with Crippen molar-refractivity contribution in [3.63, 3.8) is 0 Å². The van der Waals surface area contributed by atoms with Crippen LogP contribution in [0.4, 0.5) is 0 Å². The SMILES string of the molecule is CC1=C([O-])CCC(C)(C)C1=O.[Na+]. The molecule has 0 fully saturated rings. The van der Waals surface area contributed by atoms with Gasteiger partial charge in [-0.2, -0.15) is 0 Å². The van der Waals surface area contributed by atoms with Crippen molar-refractivity contribution in [3.8, 4) is 0 Å².